The molecule has 0 atom stereocenters. The van der Waals surface area contributed by atoms with Gasteiger partial charge in [-0.15, -0.1) is 0 Å². The van der Waals surface area contributed by atoms with E-state index in [4.69, 9.17) is 10.1 Å². The first-order chi connectivity index (χ1) is 17.5. The number of aryl methyl sites for hydroxylation is 2. The lowest BCUT2D eigenvalue weighted by molar-refractivity contribution is -0.384. The fourth-order valence-corrected chi connectivity index (χ4v) is 4.86. The zero-order valence-corrected chi connectivity index (χ0v) is 20.4. The molecule has 36 heavy (non-hydrogen) atoms. The van der Waals surface area contributed by atoms with Gasteiger partial charge >= 0.3 is 0 Å². The number of piperazine rings is 1. The summed E-state index contributed by atoms with van der Waals surface area (Å²) in [5.41, 5.74) is 6.16. The molecule has 0 aliphatic carbocycles. The van der Waals surface area contributed by atoms with Gasteiger partial charge in [0.05, 0.1) is 21.9 Å². The van der Waals surface area contributed by atoms with Crippen LogP contribution >= 0.6 is 0 Å². The molecule has 3 heterocycles. The Labute approximate surface area is 209 Å². The van der Waals surface area contributed by atoms with Crippen LogP contribution in [0, 0.1) is 17.0 Å². The SMILES string of the molecule is CCCc1c(C(=O)N2CCN(c3ccc([N+](=O)[O-])cc3)CC2)cnc2c(-c3ccccc3)c(C)nn12. The van der Waals surface area contributed by atoms with E-state index in [-0.39, 0.29) is 11.6 Å². The van der Waals surface area contributed by atoms with Crippen molar-refractivity contribution in [3.63, 3.8) is 0 Å². The number of hydrogen-bond donors (Lipinski definition) is 0. The average molecular weight is 485 g/mol. The summed E-state index contributed by atoms with van der Waals surface area (Å²) in [5.74, 6) is -0.0365. The van der Waals surface area contributed by atoms with Gasteiger partial charge in [-0.25, -0.2) is 9.50 Å². The number of nitro benzene ring substituents is 1. The van der Waals surface area contributed by atoms with Gasteiger partial charge in [-0.05, 0) is 31.0 Å². The van der Waals surface area contributed by atoms with E-state index in [9.17, 15) is 14.9 Å². The van der Waals surface area contributed by atoms with Gasteiger partial charge in [-0.1, -0.05) is 43.7 Å². The molecule has 4 aromatic rings. The maximum atomic E-state index is 13.6. The molecule has 2 aromatic carbocycles. The highest BCUT2D eigenvalue weighted by Crippen LogP contribution is 2.29. The first-order valence-corrected chi connectivity index (χ1v) is 12.2. The molecule has 9 heteroatoms. The third-order valence-corrected chi connectivity index (χ3v) is 6.69. The van der Waals surface area contributed by atoms with Crippen molar-refractivity contribution >= 4 is 22.9 Å². The van der Waals surface area contributed by atoms with Crippen LogP contribution in [0.15, 0.2) is 60.8 Å². The van der Waals surface area contributed by atoms with E-state index in [0.29, 0.717) is 31.7 Å². The monoisotopic (exact) mass is 484 g/mol. The highest BCUT2D eigenvalue weighted by atomic mass is 16.6. The molecule has 0 radical (unpaired) electrons. The largest absolute Gasteiger partial charge is 0.368 e. The number of aromatic nitrogens is 3. The van der Waals surface area contributed by atoms with E-state index in [0.717, 1.165) is 46.7 Å². The maximum Gasteiger partial charge on any atom is 0.269 e. The number of amides is 1. The van der Waals surface area contributed by atoms with Crippen LogP contribution in [0.1, 0.15) is 35.1 Å². The van der Waals surface area contributed by atoms with Crippen molar-refractivity contribution < 1.29 is 9.72 Å². The number of hydrogen-bond acceptors (Lipinski definition) is 6. The Kier molecular flexibility index (Phi) is 6.37. The predicted octanol–water partition coefficient (Wildman–Crippen LogP) is 4.53. The summed E-state index contributed by atoms with van der Waals surface area (Å²) in [6, 6.07) is 16.6. The van der Waals surface area contributed by atoms with E-state index in [1.165, 1.54) is 12.1 Å². The summed E-state index contributed by atoms with van der Waals surface area (Å²) >= 11 is 0. The van der Waals surface area contributed by atoms with Crippen LogP contribution in [0.2, 0.25) is 0 Å². The van der Waals surface area contributed by atoms with Crippen LogP contribution in [0.3, 0.4) is 0 Å². The van der Waals surface area contributed by atoms with Crippen LogP contribution in [0.5, 0.6) is 0 Å². The molecule has 1 amide bonds. The second-order valence-corrected chi connectivity index (χ2v) is 8.98. The van der Waals surface area contributed by atoms with Crippen molar-refractivity contribution in [1.29, 1.82) is 0 Å². The van der Waals surface area contributed by atoms with Crippen LogP contribution < -0.4 is 4.90 Å². The third-order valence-electron chi connectivity index (χ3n) is 6.69. The molecule has 0 saturated carbocycles. The molecule has 0 N–H and O–H groups in total. The highest BCUT2D eigenvalue weighted by molar-refractivity contribution is 5.96. The first-order valence-electron chi connectivity index (χ1n) is 12.2. The number of fused-ring (bicyclic) bond motifs is 1. The zero-order valence-electron chi connectivity index (χ0n) is 20.4. The van der Waals surface area contributed by atoms with E-state index in [1.807, 2.05) is 34.5 Å². The second kappa shape index (κ2) is 9.77. The standard InChI is InChI=1S/C27H28N6O3/c1-3-7-24-23(18-28-26-25(19(2)29-32(24)26)20-8-5-4-6-9-20)27(34)31-16-14-30(15-17-31)21-10-12-22(13-11-21)33(35)36/h4-6,8-13,18H,3,7,14-17H2,1-2H3. The van der Waals surface area contributed by atoms with Crippen molar-refractivity contribution in [3.8, 4) is 11.1 Å². The number of nitrogens with zero attached hydrogens (tertiary/aromatic N) is 6. The van der Waals surface area contributed by atoms with Gasteiger partial charge in [0.2, 0.25) is 0 Å². The molecule has 1 saturated heterocycles. The van der Waals surface area contributed by atoms with Crippen LogP contribution in [-0.4, -0.2) is 56.5 Å². The Morgan fingerprint density at radius 2 is 1.72 bits per heavy atom. The van der Waals surface area contributed by atoms with Gasteiger partial charge < -0.3 is 9.80 Å². The summed E-state index contributed by atoms with van der Waals surface area (Å²) in [5, 5.41) is 15.7. The Morgan fingerprint density at radius 3 is 2.36 bits per heavy atom. The summed E-state index contributed by atoms with van der Waals surface area (Å²) in [6.45, 7) is 6.51. The molecular weight excluding hydrogens is 456 g/mol. The summed E-state index contributed by atoms with van der Waals surface area (Å²) in [6.07, 6.45) is 3.31. The normalized spacial score (nSPS) is 13.8. The van der Waals surface area contributed by atoms with E-state index in [2.05, 4.69) is 24.0 Å². The molecule has 1 aliphatic heterocycles. The van der Waals surface area contributed by atoms with E-state index in [1.54, 1.807) is 18.3 Å². The molecule has 1 fully saturated rings. The molecule has 0 unspecified atom stereocenters. The Morgan fingerprint density at radius 1 is 1.03 bits per heavy atom. The fourth-order valence-electron chi connectivity index (χ4n) is 4.86. The number of non-ortho nitro benzene ring substituents is 1. The zero-order chi connectivity index (χ0) is 25.2. The van der Waals surface area contributed by atoms with Crippen molar-refractivity contribution in [2.75, 3.05) is 31.1 Å². The number of rotatable bonds is 6. The molecule has 5 rings (SSSR count). The Hall–Kier alpha value is -4.27. The van der Waals surface area contributed by atoms with Crippen LogP contribution in [0.25, 0.3) is 16.8 Å². The summed E-state index contributed by atoms with van der Waals surface area (Å²) < 4.78 is 1.85. The number of carbonyl (C=O) groups excluding carboxylic acids is 1. The van der Waals surface area contributed by atoms with E-state index < -0.39 is 4.92 Å². The smallest absolute Gasteiger partial charge is 0.269 e. The summed E-state index contributed by atoms with van der Waals surface area (Å²) in [7, 11) is 0. The topological polar surface area (TPSA) is 96.9 Å². The number of carbonyl (C=O) groups is 1. The minimum atomic E-state index is -0.400. The molecule has 1 aliphatic rings. The minimum Gasteiger partial charge on any atom is -0.368 e. The molecule has 184 valence electrons. The fraction of sp³-hybridized carbons (Fsp3) is 0.296. The Bertz CT molecular complexity index is 1410. The highest BCUT2D eigenvalue weighted by Gasteiger charge is 2.27. The molecule has 9 nitrogen and oxygen atoms in total. The van der Waals surface area contributed by atoms with Gasteiger partial charge in [0, 0.05) is 55.8 Å². The molecule has 2 aromatic heterocycles. The van der Waals surface area contributed by atoms with Gasteiger partial charge in [0.15, 0.2) is 5.65 Å². The molecule has 0 bridgehead atoms. The molecule has 0 spiro atoms. The average Bonchev–Trinajstić information content (AvgIpc) is 3.25. The first kappa shape index (κ1) is 23.5. The third kappa shape index (κ3) is 4.28. The van der Waals surface area contributed by atoms with Crippen molar-refractivity contribution in [1.82, 2.24) is 19.5 Å². The lowest BCUT2D eigenvalue weighted by Gasteiger charge is -2.36. The van der Waals surface area contributed by atoms with Crippen LogP contribution in [0.4, 0.5) is 11.4 Å². The second-order valence-electron chi connectivity index (χ2n) is 8.98. The molecular formula is C27H28N6O3. The van der Waals surface area contributed by atoms with Crippen molar-refractivity contribution in [2.45, 2.75) is 26.7 Å². The minimum absolute atomic E-state index is 0.0365. The maximum absolute atomic E-state index is 13.6. The van der Waals surface area contributed by atoms with Crippen molar-refractivity contribution in [3.05, 3.63) is 87.9 Å². The van der Waals surface area contributed by atoms with Gasteiger partial charge in [0.1, 0.15) is 0 Å². The number of anilines is 1. The quantitative estimate of drug-likeness (QED) is 0.295. The van der Waals surface area contributed by atoms with Crippen molar-refractivity contribution in [2.24, 2.45) is 0 Å². The predicted molar refractivity (Wildman–Crippen MR) is 138 cm³/mol. The van der Waals surface area contributed by atoms with E-state index >= 15 is 0 Å². The lowest BCUT2D eigenvalue weighted by Crippen LogP contribution is -2.49. The summed E-state index contributed by atoms with van der Waals surface area (Å²) in [4.78, 5) is 32.9. The van der Waals surface area contributed by atoms with Crippen LogP contribution in [-0.2, 0) is 6.42 Å². The van der Waals surface area contributed by atoms with Gasteiger partial charge in [-0.2, -0.15) is 5.10 Å². The van der Waals surface area contributed by atoms with Gasteiger partial charge in [0.25, 0.3) is 11.6 Å². The Balaban J connectivity index is 1.40. The lowest BCUT2D eigenvalue weighted by atomic mass is 10.1. The van der Waals surface area contributed by atoms with Gasteiger partial charge in [-0.3, -0.25) is 14.9 Å². The number of nitro groups is 1. The number of benzene rings is 2.